The van der Waals surface area contributed by atoms with Crippen LogP contribution in [0.4, 0.5) is 8.78 Å². The molecule has 0 aromatic carbocycles. The maximum absolute atomic E-state index is 14.9. The van der Waals surface area contributed by atoms with Crippen molar-refractivity contribution in [2.24, 2.45) is 11.8 Å². The van der Waals surface area contributed by atoms with Gasteiger partial charge in [-0.3, -0.25) is 0 Å². The first-order valence-corrected chi connectivity index (χ1v) is 8.85. The summed E-state index contributed by atoms with van der Waals surface area (Å²) in [6, 6.07) is 0. The largest absolute Gasteiger partial charge is 0.239 e. The SMILES string of the molecule is CCCCCCCC1CCC(C2(F)C=CC=CC2F)CC1. The predicted molar refractivity (Wildman–Crippen MR) is 85.8 cm³/mol. The fourth-order valence-electron chi connectivity index (χ4n) is 3.90. The molecule has 0 radical (unpaired) electrons. The molecule has 0 heterocycles. The molecule has 0 bridgehead atoms. The molecule has 0 amide bonds. The van der Waals surface area contributed by atoms with E-state index < -0.39 is 11.8 Å². The Morgan fingerprint density at radius 3 is 2.38 bits per heavy atom. The lowest BCUT2D eigenvalue weighted by Crippen LogP contribution is -2.42. The van der Waals surface area contributed by atoms with Gasteiger partial charge in [-0.25, -0.2) is 8.78 Å². The van der Waals surface area contributed by atoms with Crippen LogP contribution in [0, 0.1) is 11.8 Å². The molecule has 0 spiro atoms. The summed E-state index contributed by atoms with van der Waals surface area (Å²) >= 11 is 0. The average molecular weight is 296 g/mol. The van der Waals surface area contributed by atoms with Crippen molar-refractivity contribution >= 4 is 0 Å². The normalized spacial score (nSPS) is 36.0. The monoisotopic (exact) mass is 296 g/mol. The van der Waals surface area contributed by atoms with Crippen LogP contribution in [-0.2, 0) is 0 Å². The highest BCUT2D eigenvalue weighted by Crippen LogP contribution is 2.43. The molecule has 2 unspecified atom stereocenters. The van der Waals surface area contributed by atoms with Gasteiger partial charge in [0.05, 0.1) is 0 Å². The van der Waals surface area contributed by atoms with Crippen molar-refractivity contribution in [3.05, 3.63) is 24.3 Å². The van der Waals surface area contributed by atoms with Crippen LogP contribution in [0.2, 0.25) is 0 Å². The quantitative estimate of drug-likeness (QED) is 0.482. The molecule has 0 aromatic heterocycles. The minimum absolute atomic E-state index is 0.134. The maximum Gasteiger partial charge on any atom is 0.166 e. The second-order valence-electron chi connectivity index (χ2n) is 6.89. The molecule has 1 fully saturated rings. The van der Waals surface area contributed by atoms with Gasteiger partial charge in [-0.15, -0.1) is 0 Å². The van der Waals surface area contributed by atoms with Crippen LogP contribution in [0.1, 0.15) is 71.1 Å². The summed E-state index contributed by atoms with van der Waals surface area (Å²) in [5.74, 6) is 0.609. The van der Waals surface area contributed by atoms with Crippen molar-refractivity contribution in [1.29, 1.82) is 0 Å². The molecule has 0 nitrogen and oxygen atoms in total. The third kappa shape index (κ3) is 4.40. The molecular formula is C19H30F2. The van der Waals surface area contributed by atoms with Crippen LogP contribution < -0.4 is 0 Å². The first-order valence-electron chi connectivity index (χ1n) is 8.85. The number of allylic oxidation sites excluding steroid dienone is 4. The molecule has 0 saturated heterocycles. The Balaban J connectivity index is 1.71. The third-order valence-corrected chi connectivity index (χ3v) is 5.35. The third-order valence-electron chi connectivity index (χ3n) is 5.35. The van der Waals surface area contributed by atoms with E-state index in [0.717, 1.165) is 31.6 Å². The lowest BCUT2D eigenvalue weighted by molar-refractivity contribution is 0.0316. The van der Waals surface area contributed by atoms with Gasteiger partial charge < -0.3 is 0 Å². The van der Waals surface area contributed by atoms with Gasteiger partial charge in [-0.1, -0.05) is 70.4 Å². The zero-order valence-corrected chi connectivity index (χ0v) is 13.4. The van der Waals surface area contributed by atoms with Crippen molar-refractivity contribution in [3.63, 3.8) is 0 Å². The fraction of sp³-hybridized carbons (Fsp3) is 0.789. The Morgan fingerprint density at radius 1 is 1.00 bits per heavy atom. The zero-order chi connectivity index (χ0) is 15.1. The van der Waals surface area contributed by atoms with E-state index in [-0.39, 0.29) is 5.92 Å². The molecule has 2 heteroatoms. The molecular weight excluding hydrogens is 266 g/mol. The van der Waals surface area contributed by atoms with Gasteiger partial charge in [0.15, 0.2) is 11.8 Å². The summed E-state index contributed by atoms with van der Waals surface area (Å²) in [4.78, 5) is 0. The molecule has 1 saturated carbocycles. The Bertz CT molecular complexity index is 353. The molecule has 0 N–H and O–H groups in total. The molecule has 2 atom stereocenters. The van der Waals surface area contributed by atoms with E-state index in [0.29, 0.717) is 0 Å². The number of hydrogen-bond donors (Lipinski definition) is 0. The van der Waals surface area contributed by atoms with E-state index in [4.69, 9.17) is 0 Å². The van der Waals surface area contributed by atoms with Crippen LogP contribution >= 0.6 is 0 Å². The summed E-state index contributed by atoms with van der Waals surface area (Å²) in [6.45, 7) is 2.24. The fourth-order valence-corrected chi connectivity index (χ4v) is 3.90. The molecule has 2 rings (SSSR count). The van der Waals surface area contributed by atoms with Crippen molar-refractivity contribution < 1.29 is 8.78 Å². The predicted octanol–water partition coefficient (Wildman–Crippen LogP) is 6.33. The summed E-state index contributed by atoms with van der Waals surface area (Å²) in [6.07, 6.45) is 16.4. The van der Waals surface area contributed by atoms with Gasteiger partial charge in [0.1, 0.15) is 0 Å². The molecule has 120 valence electrons. The van der Waals surface area contributed by atoms with Crippen molar-refractivity contribution in [2.75, 3.05) is 0 Å². The number of rotatable bonds is 7. The van der Waals surface area contributed by atoms with E-state index in [1.165, 1.54) is 50.7 Å². The number of halogens is 2. The topological polar surface area (TPSA) is 0 Å². The molecule has 2 aliphatic carbocycles. The first-order chi connectivity index (χ1) is 10.2. The maximum atomic E-state index is 14.9. The smallest absolute Gasteiger partial charge is 0.166 e. The van der Waals surface area contributed by atoms with E-state index in [2.05, 4.69) is 6.92 Å². The van der Waals surface area contributed by atoms with Crippen molar-refractivity contribution in [1.82, 2.24) is 0 Å². The van der Waals surface area contributed by atoms with Crippen LogP contribution in [0.5, 0.6) is 0 Å². The lowest BCUT2D eigenvalue weighted by Gasteiger charge is -2.38. The van der Waals surface area contributed by atoms with Gasteiger partial charge in [0, 0.05) is 0 Å². The van der Waals surface area contributed by atoms with Crippen molar-refractivity contribution in [2.45, 2.75) is 83.0 Å². The molecule has 2 aliphatic rings. The summed E-state index contributed by atoms with van der Waals surface area (Å²) in [5, 5.41) is 0. The minimum Gasteiger partial charge on any atom is -0.239 e. The second-order valence-corrected chi connectivity index (χ2v) is 6.89. The minimum atomic E-state index is -1.75. The Morgan fingerprint density at radius 2 is 1.71 bits per heavy atom. The molecule has 0 aliphatic heterocycles. The molecule has 0 aromatic rings. The number of alkyl halides is 2. The summed E-state index contributed by atoms with van der Waals surface area (Å²) < 4.78 is 28.8. The second kappa shape index (κ2) is 8.10. The Labute approximate surface area is 128 Å². The molecule has 21 heavy (non-hydrogen) atoms. The van der Waals surface area contributed by atoms with Gasteiger partial charge in [0.25, 0.3) is 0 Å². The van der Waals surface area contributed by atoms with Gasteiger partial charge in [0.2, 0.25) is 0 Å². The summed E-state index contributed by atoms with van der Waals surface area (Å²) in [7, 11) is 0. The number of unbranched alkanes of at least 4 members (excludes halogenated alkanes) is 4. The highest BCUT2D eigenvalue weighted by atomic mass is 19.2. The Kier molecular flexibility index (Phi) is 6.44. The summed E-state index contributed by atoms with van der Waals surface area (Å²) in [5.41, 5.74) is -1.75. The van der Waals surface area contributed by atoms with E-state index in [9.17, 15) is 8.78 Å². The van der Waals surface area contributed by atoms with Crippen LogP contribution in [0.25, 0.3) is 0 Å². The van der Waals surface area contributed by atoms with Crippen LogP contribution in [-0.4, -0.2) is 11.8 Å². The van der Waals surface area contributed by atoms with Gasteiger partial charge in [-0.2, -0.15) is 0 Å². The van der Waals surface area contributed by atoms with Crippen molar-refractivity contribution in [3.8, 4) is 0 Å². The van der Waals surface area contributed by atoms with E-state index in [1.807, 2.05) is 0 Å². The average Bonchev–Trinajstić information content (AvgIpc) is 2.51. The van der Waals surface area contributed by atoms with E-state index in [1.54, 1.807) is 12.2 Å². The highest BCUT2D eigenvalue weighted by molar-refractivity contribution is 5.24. The van der Waals surface area contributed by atoms with Crippen LogP contribution in [0.15, 0.2) is 24.3 Å². The van der Waals surface area contributed by atoms with E-state index >= 15 is 0 Å². The standard InChI is InChI=1S/C19H30F2/c1-2-3-4-5-6-9-16-11-13-17(14-12-16)19(21)15-8-7-10-18(19)20/h7-8,10,15-18H,2-6,9,11-14H2,1H3. The van der Waals surface area contributed by atoms with Gasteiger partial charge in [-0.05, 0) is 36.8 Å². The van der Waals surface area contributed by atoms with Gasteiger partial charge >= 0.3 is 0 Å². The zero-order valence-electron chi connectivity index (χ0n) is 13.4. The number of hydrogen-bond acceptors (Lipinski definition) is 0. The Hall–Kier alpha value is -0.660. The van der Waals surface area contributed by atoms with Crippen LogP contribution in [0.3, 0.4) is 0 Å². The highest BCUT2D eigenvalue weighted by Gasteiger charge is 2.45. The lowest BCUT2D eigenvalue weighted by atomic mass is 9.70. The first kappa shape index (κ1) is 16.7.